The maximum atomic E-state index is 12.6. The van der Waals surface area contributed by atoms with Crippen molar-refractivity contribution in [3.05, 3.63) is 59.2 Å². The SMILES string of the molecule is CCCOC(=O)COc1ccc(C(=O)Nc2c(CC)cccc2CC)cc1. The Morgan fingerprint density at radius 1 is 0.926 bits per heavy atom. The maximum Gasteiger partial charge on any atom is 0.344 e. The number of carbonyl (C=O) groups excluding carboxylic acids is 2. The van der Waals surface area contributed by atoms with Crippen LogP contribution in [0.5, 0.6) is 5.75 Å². The summed E-state index contributed by atoms with van der Waals surface area (Å²) in [4.78, 5) is 24.1. The number of hydrogen-bond acceptors (Lipinski definition) is 4. The molecule has 0 unspecified atom stereocenters. The van der Waals surface area contributed by atoms with Gasteiger partial charge in [-0.2, -0.15) is 0 Å². The highest BCUT2D eigenvalue weighted by Crippen LogP contribution is 2.23. The summed E-state index contributed by atoms with van der Waals surface area (Å²) in [5.74, 6) is -0.0513. The zero-order valence-corrected chi connectivity index (χ0v) is 16.2. The summed E-state index contributed by atoms with van der Waals surface area (Å²) in [6, 6.07) is 12.8. The molecule has 2 aromatic rings. The van der Waals surface area contributed by atoms with Crippen LogP contribution in [-0.4, -0.2) is 25.1 Å². The van der Waals surface area contributed by atoms with Gasteiger partial charge in [-0.25, -0.2) is 4.79 Å². The van der Waals surface area contributed by atoms with Gasteiger partial charge >= 0.3 is 5.97 Å². The standard InChI is InChI=1S/C22H27NO4/c1-4-14-26-20(24)15-27-19-12-10-18(11-13-19)22(25)23-21-16(5-2)8-7-9-17(21)6-3/h7-13H,4-6,14-15H2,1-3H3,(H,23,25). The topological polar surface area (TPSA) is 64.6 Å². The largest absolute Gasteiger partial charge is 0.482 e. The third-order valence-corrected chi connectivity index (χ3v) is 4.18. The van der Waals surface area contributed by atoms with Crippen LogP contribution >= 0.6 is 0 Å². The third kappa shape index (κ3) is 5.84. The quantitative estimate of drug-likeness (QED) is 0.666. The molecule has 0 aromatic heterocycles. The number of esters is 1. The van der Waals surface area contributed by atoms with Crippen molar-refractivity contribution in [2.24, 2.45) is 0 Å². The molecule has 0 aliphatic heterocycles. The predicted molar refractivity (Wildman–Crippen MR) is 106 cm³/mol. The van der Waals surface area contributed by atoms with Crippen LogP contribution in [0, 0.1) is 0 Å². The molecule has 0 bridgehead atoms. The van der Waals surface area contributed by atoms with Crippen molar-refractivity contribution < 1.29 is 19.1 Å². The molecule has 0 spiro atoms. The first-order valence-corrected chi connectivity index (χ1v) is 9.39. The lowest BCUT2D eigenvalue weighted by atomic mass is 10.0. The van der Waals surface area contributed by atoms with E-state index in [1.54, 1.807) is 24.3 Å². The van der Waals surface area contributed by atoms with Gasteiger partial charge in [0, 0.05) is 11.3 Å². The van der Waals surface area contributed by atoms with Crippen molar-refractivity contribution in [2.75, 3.05) is 18.5 Å². The van der Waals surface area contributed by atoms with E-state index in [4.69, 9.17) is 9.47 Å². The molecule has 0 aliphatic carbocycles. The number of carbonyl (C=O) groups is 2. The van der Waals surface area contributed by atoms with Crippen LogP contribution in [0.2, 0.25) is 0 Å². The number of nitrogens with one attached hydrogen (secondary N) is 1. The number of para-hydroxylation sites is 1. The molecular formula is C22H27NO4. The van der Waals surface area contributed by atoms with Crippen molar-refractivity contribution >= 4 is 17.6 Å². The second kappa shape index (κ2) is 10.4. The minimum atomic E-state index is -0.401. The monoisotopic (exact) mass is 369 g/mol. The first-order valence-electron chi connectivity index (χ1n) is 9.39. The molecule has 1 N–H and O–H groups in total. The number of rotatable bonds is 9. The second-order valence-corrected chi connectivity index (χ2v) is 6.15. The van der Waals surface area contributed by atoms with E-state index in [0.717, 1.165) is 36.1 Å². The lowest BCUT2D eigenvalue weighted by Crippen LogP contribution is -2.16. The van der Waals surface area contributed by atoms with Crippen molar-refractivity contribution in [3.8, 4) is 5.75 Å². The summed E-state index contributed by atoms with van der Waals surface area (Å²) >= 11 is 0. The van der Waals surface area contributed by atoms with Crippen molar-refractivity contribution in [1.82, 2.24) is 0 Å². The van der Waals surface area contributed by atoms with Crippen LogP contribution in [0.25, 0.3) is 0 Å². The molecular weight excluding hydrogens is 342 g/mol. The Hall–Kier alpha value is -2.82. The van der Waals surface area contributed by atoms with Crippen molar-refractivity contribution in [2.45, 2.75) is 40.0 Å². The second-order valence-electron chi connectivity index (χ2n) is 6.15. The predicted octanol–water partition coefficient (Wildman–Crippen LogP) is 4.40. The molecule has 2 rings (SSSR count). The molecule has 5 heteroatoms. The van der Waals surface area contributed by atoms with Gasteiger partial charge in [0.25, 0.3) is 5.91 Å². The average molecular weight is 369 g/mol. The number of hydrogen-bond donors (Lipinski definition) is 1. The Morgan fingerprint density at radius 2 is 1.56 bits per heavy atom. The van der Waals surface area contributed by atoms with E-state index in [2.05, 4.69) is 19.2 Å². The molecule has 1 amide bonds. The van der Waals surface area contributed by atoms with Crippen LogP contribution in [0.15, 0.2) is 42.5 Å². The van der Waals surface area contributed by atoms with E-state index in [-0.39, 0.29) is 12.5 Å². The van der Waals surface area contributed by atoms with Gasteiger partial charge in [0.05, 0.1) is 6.61 Å². The van der Waals surface area contributed by atoms with Gasteiger partial charge in [-0.05, 0) is 54.7 Å². The van der Waals surface area contributed by atoms with Gasteiger partial charge < -0.3 is 14.8 Å². The molecule has 0 atom stereocenters. The summed E-state index contributed by atoms with van der Waals surface area (Å²) in [6.45, 7) is 6.32. The van der Waals surface area contributed by atoms with E-state index in [0.29, 0.717) is 17.9 Å². The van der Waals surface area contributed by atoms with Gasteiger partial charge in [-0.15, -0.1) is 0 Å². The molecule has 0 fully saturated rings. The van der Waals surface area contributed by atoms with E-state index in [1.165, 1.54) is 0 Å². The molecule has 144 valence electrons. The van der Waals surface area contributed by atoms with Crippen molar-refractivity contribution in [3.63, 3.8) is 0 Å². The minimum absolute atomic E-state index is 0.144. The highest BCUT2D eigenvalue weighted by molar-refractivity contribution is 6.05. The van der Waals surface area contributed by atoms with Crippen LogP contribution in [0.1, 0.15) is 48.7 Å². The molecule has 27 heavy (non-hydrogen) atoms. The summed E-state index contributed by atoms with van der Waals surface area (Å²) < 4.78 is 10.3. The summed E-state index contributed by atoms with van der Waals surface area (Å²) in [5, 5.41) is 3.04. The van der Waals surface area contributed by atoms with E-state index in [9.17, 15) is 9.59 Å². The number of ether oxygens (including phenoxy) is 2. The first kappa shape index (κ1) is 20.5. The van der Waals surface area contributed by atoms with Crippen molar-refractivity contribution in [1.29, 1.82) is 0 Å². The van der Waals surface area contributed by atoms with Gasteiger partial charge in [0.2, 0.25) is 0 Å². The van der Waals surface area contributed by atoms with Gasteiger partial charge in [-0.1, -0.05) is 39.0 Å². The number of anilines is 1. The van der Waals surface area contributed by atoms with E-state index < -0.39 is 5.97 Å². The summed E-state index contributed by atoms with van der Waals surface area (Å²) in [6.07, 6.45) is 2.48. The minimum Gasteiger partial charge on any atom is -0.482 e. The van der Waals surface area contributed by atoms with Crippen LogP contribution in [-0.2, 0) is 22.4 Å². The Kier molecular flexibility index (Phi) is 7.86. The smallest absolute Gasteiger partial charge is 0.344 e. The summed E-state index contributed by atoms with van der Waals surface area (Å²) in [5.41, 5.74) is 3.66. The fourth-order valence-corrected chi connectivity index (χ4v) is 2.69. The molecule has 2 aromatic carbocycles. The Bertz CT molecular complexity index is 746. The maximum absolute atomic E-state index is 12.6. The molecule has 0 radical (unpaired) electrons. The van der Waals surface area contributed by atoms with E-state index in [1.807, 2.05) is 25.1 Å². The lowest BCUT2D eigenvalue weighted by Gasteiger charge is -2.14. The van der Waals surface area contributed by atoms with Crippen LogP contribution in [0.4, 0.5) is 5.69 Å². The zero-order chi connectivity index (χ0) is 19.6. The highest BCUT2D eigenvalue weighted by atomic mass is 16.6. The number of amides is 1. The van der Waals surface area contributed by atoms with E-state index >= 15 is 0 Å². The summed E-state index contributed by atoms with van der Waals surface area (Å²) in [7, 11) is 0. The van der Waals surface area contributed by atoms with Gasteiger partial charge in [0.15, 0.2) is 6.61 Å². The van der Waals surface area contributed by atoms with Gasteiger partial charge in [0.1, 0.15) is 5.75 Å². The number of aryl methyl sites for hydroxylation is 2. The van der Waals surface area contributed by atoms with Crippen LogP contribution in [0.3, 0.4) is 0 Å². The lowest BCUT2D eigenvalue weighted by molar-refractivity contribution is -0.146. The van der Waals surface area contributed by atoms with Gasteiger partial charge in [-0.3, -0.25) is 4.79 Å². The zero-order valence-electron chi connectivity index (χ0n) is 16.2. The Morgan fingerprint density at radius 3 is 2.11 bits per heavy atom. The average Bonchev–Trinajstić information content (AvgIpc) is 2.71. The molecule has 0 heterocycles. The van der Waals surface area contributed by atoms with Crippen LogP contribution < -0.4 is 10.1 Å². The molecule has 0 aliphatic rings. The fourth-order valence-electron chi connectivity index (χ4n) is 2.69. The third-order valence-electron chi connectivity index (χ3n) is 4.18. The highest BCUT2D eigenvalue weighted by Gasteiger charge is 2.12. The molecule has 5 nitrogen and oxygen atoms in total. The Labute approximate surface area is 160 Å². The number of benzene rings is 2. The molecule has 0 saturated heterocycles. The normalized spacial score (nSPS) is 10.3. The first-order chi connectivity index (χ1) is 13.1. The fraction of sp³-hybridized carbons (Fsp3) is 0.364. The Balaban J connectivity index is 2.01. The molecule has 0 saturated carbocycles.